The highest BCUT2D eigenvalue weighted by Gasteiger charge is 2.48. The molecule has 1 atom stereocenters. The van der Waals surface area contributed by atoms with Gasteiger partial charge in [0.25, 0.3) is 5.78 Å². The quantitative estimate of drug-likeness (QED) is 0.0517. The molecular weight excluding hydrogens is 566 g/mol. The van der Waals surface area contributed by atoms with Crippen molar-refractivity contribution in [2.75, 3.05) is 11.5 Å². The van der Waals surface area contributed by atoms with E-state index in [1.165, 1.54) is 28.0 Å². The molecule has 40 heavy (non-hydrogen) atoms. The van der Waals surface area contributed by atoms with E-state index in [0.717, 1.165) is 18.4 Å². The van der Waals surface area contributed by atoms with Crippen LogP contribution in [0.5, 0.6) is 5.75 Å². The van der Waals surface area contributed by atoms with Crippen LogP contribution in [0.3, 0.4) is 0 Å². The molecular formula is C30H26ClN3O4S2. The van der Waals surface area contributed by atoms with Gasteiger partial charge in [0.2, 0.25) is 5.13 Å². The minimum absolute atomic E-state index is 0.0272. The van der Waals surface area contributed by atoms with Gasteiger partial charge in [0, 0.05) is 16.3 Å². The van der Waals surface area contributed by atoms with Crippen LogP contribution in [-0.2, 0) is 15.3 Å². The SMILES string of the molecule is CCCCOc1ccc(/C(O)=C2/C(=O)C(=O)N(c3nnc(SCc4ccccc4)s3)C2c2ccc(Cl)cc2)cc1. The molecule has 0 spiro atoms. The van der Waals surface area contributed by atoms with Crippen LogP contribution in [0.1, 0.15) is 42.5 Å². The highest BCUT2D eigenvalue weighted by atomic mass is 35.5. The Morgan fingerprint density at radius 1 is 1.02 bits per heavy atom. The summed E-state index contributed by atoms with van der Waals surface area (Å²) in [5.74, 6) is -0.503. The second-order valence-electron chi connectivity index (χ2n) is 9.07. The van der Waals surface area contributed by atoms with Crippen molar-refractivity contribution in [1.82, 2.24) is 10.2 Å². The average Bonchev–Trinajstić information content (AvgIpc) is 3.55. The first-order valence-corrected chi connectivity index (χ1v) is 14.9. The van der Waals surface area contributed by atoms with Crippen LogP contribution >= 0.6 is 34.7 Å². The molecule has 3 aromatic carbocycles. The molecule has 1 N–H and O–H groups in total. The number of carbonyl (C=O) groups is 2. The average molecular weight is 592 g/mol. The third-order valence-electron chi connectivity index (χ3n) is 6.33. The highest BCUT2D eigenvalue weighted by molar-refractivity contribution is 8.00. The number of aliphatic hydroxyl groups is 1. The summed E-state index contributed by atoms with van der Waals surface area (Å²) in [5, 5.41) is 20.7. The number of carbonyl (C=O) groups excluding carboxylic acids is 2. The van der Waals surface area contributed by atoms with Crippen molar-refractivity contribution in [1.29, 1.82) is 0 Å². The number of anilines is 1. The number of hydrogen-bond donors (Lipinski definition) is 1. The summed E-state index contributed by atoms with van der Waals surface area (Å²) >= 11 is 8.85. The van der Waals surface area contributed by atoms with E-state index in [4.69, 9.17) is 16.3 Å². The molecule has 0 bridgehead atoms. The lowest BCUT2D eigenvalue weighted by Crippen LogP contribution is -2.29. The summed E-state index contributed by atoms with van der Waals surface area (Å²) in [6.45, 7) is 2.68. The minimum atomic E-state index is -0.905. The number of aliphatic hydroxyl groups excluding tert-OH is 1. The molecule has 1 amide bonds. The lowest BCUT2D eigenvalue weighted by Gasteiger charge is -2.22. The predicted molar refractivity (Wildman–Crippen MR) is 159 cm³/mol. The van der Waals surface area contributed by atoms with E-state index in [0.29, 0.717) is 38.6 Å². The number of thioether (sulfide) groups is 1. The van der Waals surface area contributed by atoms with E-state index < -0.39 is 17.7 Å². The van der Waals surface area contributed by atoms with E-state index in [1.54, 1.807) is 48.5 Å². The van der Waals surface area contributed by atoms with Crippen LogP contribution in [0.2, 0.25) is 5.02 Å². The van der Waals surface area contributed by atoms with Crippen molar-refractivity contribution in [3.8, 4) is 5.75 Å². The molecule has 0 radical (unpaired) electrons. The highest BCUT2D eigenvalue weighted by Crippen LogP contribution is 2.44. The lowest BCUT2D eigenvalue weighted by molar-refractivity contribution is -0.132. The zero-order valence-electron chi connectivity index (χ0n) is 21.6. The molecule has 5 rings (SSSR count). The van der Waals surface area contributed by atoms with Gasteiger partial charge in [0.05, 0.1) is 18.2 Å². The Morgan fingerprint density at radius 3 is 2.45 bits per heavy atom. The summed E-state index contributed by atoms with van der Waals surface area (Å²) < 4.78 is 6.38. The molecule has 1 saturated heterocycles. The van der Waals surface area contributed by atoms with Gasteiger partial charge in [0.15, 0.2) is 4.34 Å². The molecule has 1 unspecified atom stereocenters. The number of halogens is 1. The Hall–Kier alpha value is -3.66. The Balaban J connectivity index is 1.49. The van der Waals surface area contributed by atoms with Crippen molar-refractivity contribution in [3.05, 3.63) is 106 Å². The smallest absolute Gasteiger partial charge is 0.301 e. The first-order valence-electron chi connectivity index (χ1n) is 12.8. The summed E-state index contributed by atoms with van der Waals surface area (Å²) in [6.07, 6.45) is 1.95. The Kier molecular flexibility index (Phi) is 8.84. The fourth-order valence-electron chi connectivity index (χ4n) is 4.27. The number of ketones is 1. The number of nitrogens with zero attached hydrogens (tertiary/aromatic N) is 3. The second kappa shape index (κ2) is 12.7. The first kappa shape index (κ1) is 27.9. The third-order valence-corrected chi connectivity index (χ3v) is 8.71. The van der Waals surface area contributed by atoms with Crippen LogP contribution in [0.15, 0.2) is 88.8 Å². The molecule has 7 nitrogen and oxygen atoms in total. The monoisotopic (exact) mass is 591 g/mol. The number of amides is 1. The molecule has 1 aliphatic rings. The molecule has 1 fully saturated rings. The van der Waals surface area contributed by atoms with Crippen molar-refractivity contribution in [2.24, 2.45) is 0 Å². The van der Waals surface area contributed by atoms with Gasteiger partial charge < -0.3 is 9.84 Å². The maximum absolute atomic E-state index is 13.4. The zero-order valence-corrected chi connectivity index (χ0v) is 24.0. The molecule has 1 aromatic heterocycles. The molecule has 0 saturated carbocycles. The van der Waals surface area contributed by atoms with Crippen LogP contribution in [0, 0.1) is 0 Å². The van der Waals surface area contributed by atoms with Crippen molar-refractivity contribution in [3.63, 3.8) is 0 Å². The van der Waals surface area contributed by atoms with E-state index in [-0.39, 0.29) is 16.5 Å². The first-order chi connectivity index (χ1) is 19.5. The summed E-state index contributed by atoms with van der Waals surface area (Å²) in [6, 6.07) is 22.7. The van der Waals surface area contributed by atoms with Gasteiger partial charge in [-0.2, -0.15) is 0 Å². The summed E-state index contributed by atoms with van der Waals surface area (Å²) in [7, 11) is 0. The van der Waals surface area contributed by atoms with Crippen molar-refractivity contribution >= 4 is 57.3 Å². The number of hydrogen-bond acceptors (Lipinski definition) is 8. The Bertz CT molecular complexity index is 1520. The van der Waals surface area contributed by atoms with Gasteiger partial charge in [-0.15, -0.1) is 10.2 Å². The molecule has 0 aliphatic carbocycles. The van der Waals surface area contributed by atoms with Gasteiger partial charge in [-0.3, -0.25) is 14.5 Å². The number of benzene rings is 3. The van der Waals surface area contributed by atoms with E-state index in [1.807, 2.05) is 30.3 Å². The van der Waals surface area contributed by atoms with Crippen molar-refractivity contribution in [2.45, 2.75) is 35.9 Å². The summed E-state index contributed by atoms with van der Waals surface area (Å²) in [5.41, 5.74) is 2.11. The van der Waals surface area contributed by atoms with Crippen LogP contribution in [-0.4, -0.2) is 33.6 Å². The van der Waals surface area contributed by atoms with Crippen molar-refractivity contribution < 1.29 is 19.4 Å². The van der Waals surface area contributed by atoms with E-state index in [9.17, 15) is 14.7 Å². The number of ether oxygens (including phenoxy) is 1. The van der Waals surface area contributed by atoms with Gasteiger partial charge in [-0.05, 0) is 53.9 Å². The summed E-state index contributed by atoms with van der Waals surface area (Å²) in [4.78, 5) is 28.1. The number of rotatable bonds is 10. The topological polar surface area (TPSA) is 92.6 Å². The molecule has 204 valence electrons. The number of aromatic nitrogens is 2. The molecule has 4 aromatic rings. The maximum atomic E-state index is 13.4. The zero-order chi connectivity index (χ0) is 28.1. The minimum Gasteiger partial charge on any atom is -0.507 e. The number of Topliss-reactive ketones (excluding diaryl/α,β-unsaturated/α-hetero) is 1. The molecule has 10 heteroatoms. The predicted octanol–water partition coefficient (Wildman–Crippen LogP) is 7.29. The standard InChI is InChI=1S/C30H26ClN3O4S2/c1-2-3-17-38-23-15-11-21(12-16-23)26(35)24-25(20-9-13-22(31)14-10-20)34(28(37)27(24)36)29-32-33-30(40-29)39-18-19-7-5-4-6-8-19/h4-16,25,35H,2-3,17-18H2,1H3/b26-24-. The normalized spacial score (nSPS) is 16.4. The van der Waals surface area contributed by atoms with E-state index in [2.05, 4.69) is 17.1 Å². The Morgan fingerprint density at radius 2 is 1.75 bits per heavy atom. The maximum Gasteiger partial charge on any atom is 0.301 e. The second-order valence-corrected chi connectivity index (χ2v) is 11.7. The number of unbranched alkanes of at least 4 members (excludes halogenated alkanes) is 1. The molecule has 2 heterocycles. The van der Waals surface area contributed by atoms with Crippen LogP contribution < -0.4 is 9.64 Å². The van der Waals surface area contributed by atoms with Gasteiger partial charge in [-0.1, -0.05) is 90.5 Å². The van der Waals surface area contributed by atoms with Crippen LogP contribution in [0.25, 0.3) is 5.76 Å². The molecule has 1 aliphatic heterocycles. The largest absolute Gasteiger partial charge is 0.507 e. The Labute approximate surface area is 245 Å². The van der Waals surface area contributed by atoms with Gasteiger partial charge in [0.1, 0.15) is 11.5 Å². The fourth-order valence-corrected chi connectivity index (χ4v) is 6.22. The van der Waals surface area contributed by atoms with Crippen LogP contribution in [0.4, 0.5) is 5.13 Å². The lowest BCUT2D eigenvalue weighted by atomic mass is 9.95. The van der Waals surface area contributed by atoms with E-state index >= 15 is 0 Å². The third kappa shape index (κ3) is 6.06. The van der Waals surface area contributed by atoms with Gasteiger partial charge >= 0.3 is 5.91 Å². The van der Waals surface area contributed by atoms with Gasteiger partial charge in [-0.25, -0.2) is 0 Å². The fraction of sp³-hybridized carbons (Fsp3) is 0.200.